The lowest BCUT2D eigenvalue weighted by Gasteiger charge is -2.51. The average Bonchev–Trinajstić information content (AvgIpc) is 3.20. The second-order valence-electron chi connectivity index (χ2n) is 6.60. The number of nitrogens with zero attached hydrogens (tertiary/aromatic N) is 1. The molecule has 3 rings (SSSR count). The number of carbonyl (C=O) groups is 1. The van der Waals surface area contributed by atoms with Gasteiger partial charge in [-0.05, 0) is 52.5 Å². The largest absolute Gasteiger partial charge is 0.352 e. The van der Waals surface area contributed by atoms with Gasteiger partial charge in [-0.25, -0.2) is 0 Å². The summed E-state index contributed by atoms with van der Waals surface area (Å²) in [5.74, 6) is 0.252. The summed E-state index contributed by atoms with van der Waals surface area (Å²) in [7, 11) is 2.07. The molecule has 0 radical (unpaired) electrons. The molecule has 1 amide bonds. The molecule has 19 heavy (non-hydrogen) atoms. The lowest BCUT2D eigenvalue weighted by Crippen LogP contribution is -2.61. The normalized spacial score (nSPS) is 36.8. The third kappa shape index (κ3) is 2.79. The Balaban J connectivity index is 1.66. The van der Waals surface area contributed by atoms with Crippen LogP contribution in [0.1, 0.15) is 51.9 Å². The molecule has 1 aliphatic carbocycles. The molecule has 2 saturated heterocycles. The second-order valence-corrected chi connectivity index (χ2v) is 6.60. The summed E-state index contributed by atoms with van der Waals surface area (Å²) in [6.07, 6.45) is 8.60. The van der Waals surface area contributed by atoms with Gasteiger partial charge in [0.25, 0.3) is 0 Å². The number of fused-ring (bicyclic) bond motifs is 2. The first-order valence-corrected chi connectivity index (χ1v) is 7.94. The number of nitrogens with one attached hydrogen (secondary N) is 2. The van der Waals surface area contributed by atoms with E-state index in [4.69, 9.17) is 0 Å². The quantitative estimate of drug-likeness (QED) is 0.804. The molecule has 3 fully saturated rings. The first-order chi connectivity index (χ1) is 9.19. The lowest BCUT2D eigenvalue weighted by atomic mass is 9.80. The fourth-order valence-electron chi connectivity index (χ4n) is 3.97. The maximum Gasteiger partial charge on any atom is 0.237 e. The van der Waals surface area contributed by atoms with Gasteiger partial charge < -0.3 is 10.6 Å². The topological polar surface area (TPSA) is 44.4 Å². The number of hydrogen-bond acceptors (Lipinski definition) is 3. The van der Waals surface area contributed by atoms with E-state index < -0.39 is 0 Å². The summed E-state index contributed by atoms with van der Waals surface area (Å²) < 4.78 is 0. The molecule has 4 nitrogen and oxygen atoms in total. The van der Waals surface area contributed by atoms with Gasteiger partial charge in [-0.1, -0.05) is 6.42 Å². The molecule has 2 aliphatic heterocycles. The van der Waals surface area contributed by atoms with Crippen LogP contribution in [0.2, 0.25) is 0 Å². The highest BCUT2D eigenvalue weighted by Gasteiger charge is 2.42. The molecular formula is C15H27N3O. The number of rotatable bonds is 4. The molecule has 2 N–H and O–H groups in total. The fourth-order valence-corrected chi connectivity index (χ4v) is 3.97. The van der Waals surface area contributed by atoms with Crippen LogP contribution in [0.5, 0.6) is 0 Å². The highest BCUT2D eigenvalue weighted by atomic mass is 16.2. The summed E-state index contributed by atoms with van der Waals surface area (Å²) in [6, 6.07) is 2.37. The van der Waals surface area contributed by atoms with Gasteiger partial charge in [0, 0.05) is 24.2 Å². The van der Waals surface area contributed by atoms with Gasteiger partial charge in [0.15, 0.2) is 0 Å². The van der Waals surface area contributed by atoms with Gasteiger partial charge in [0.1, 0.15) is 0 Å². The van der Waals surface area contributed by atoms with E-state index in [2.05, 4.69) is 29.5 Å². The van der Waals surface area contributed by atoms with Crippen LogP contribution in [0.25, 0.3) is 0 Å². The van der Waals surface area contributed by atoms with Gasteiger partial charge >= 0.3 is 0 Å². The number of hydrogen-bond donors (Lipinski definition) is 2. The minimum absolute atomic E-state index is 0.0497. The monoisotopic (exact) mass is 265 g/mol. The first kappa shape index (κ1) is 13.4. The highest BCUT2D eigenvalue weighted by molar-refractivity contribution is 5.82. The van der Waals surface area contributed by atoms with Crippen LogP contribution in [0, 0.1) is 0 Å². The molecule has 0 aromatic heterocycles. The Bertz CT molecular complexity index is 328. The van der Waals surface area contributed by atoms with Crippen LogP contribution in [-0.2, 0) is 4.79 Å². The zero-order valence-electron chi connectivity index (χ0n) is 12.2. The van der Waals surface area contributed by atoms with Crippen LogP contribution in [-0.4, -0.2) is 48.1 Å². The number of amides is 1. The molecule has 3 atom stereocenters. The van der Waals surface area contributed by atoms with Gasteiger partial charge in [-0.15, -0.1) is 0 Å². The summed E-state index contributed by atoms with van der Waals surface area (Å²) in [6.45, 7) is 2.10. The Kier molecular flexibility index (Phi) is 3.81. The molecule has 1 saturated carbocycles. The van der Waals surface area contributed by atoms with Crippen molar-refractivity contribution in [2.24, 2.45) is 0 Å². The van der Waals surface area contributed by atoms with Crippen molar-refractivity contribution in [2.75, 3.05) is 7.05 Å². The Labute approximate surface area is 116 Å². The third-order valence-corrected chi connectivity index (χ3v) is 5.19. The molecule has 3 aliphatic rings. The van der Waals surface area contributed by atoms with Crippen molar-refractivity contribution in [3.05, 3.63) is 0 Å². The van der Waals surface area contributed by atoms with Crippen molar-refractivity contribution < 1.29 is 4.79 Å². The van der Waals surface area contributed by atoms with Crippen molar-refractivity contribution in [1.82, 2.24) is 15.5 Å². The van der Waals surface area contributed by atoms with Gasteiger partial charge in [-0.2, -0.15) is 0 Å². The Hall–Kier alpha value is -0.610. The Morgan fingerprint density at radius 2 is 1.74 bits per heavy atom. The molecule has 4 heteroatoms. The number of carbonyl (C=O) groups excluding carboxylic acids is 1. The molecule has 2 bridgehead atoms. The Morgan fingerprint density at radius 1 is 1.11 bits per heavy atom. The molecule has 108 valence electrons. The molecule has 0 aromatic rings. The predicted molar refractivity (Wildman–Crippen MR) is 76.0 cm³/mol. The highest BCUT2D eigenvalue weighted by Crippen LogP contribution is 2.35. The molecular weight excluding hydrogens is 238 g/mol. The molecule has 2 heterocycles. The molecule has 0 spiro atoms. The van der Waals surface area contributed by atoms with E-state index in [0.29, 0.717) is 24.2 Å². The SMILES string of the molecule is CNC1CC2CCCC(C1)N2C(C)C(=O)NC1CC1. The van der Waals surface area contributed by atoms with Crippen molar-refractivity contribution in [1.29, 1.82) is 0 Å². The third-order valence-electron chi connectivity index (χ3n) is 5.19. The number of piperidine rings is 2. The van der Waals surface area contributed by atoms with E-state index in [0.717, 1.165) is 0 Å². The van der Waals surface area contributed by atoms with Crippen LogP contribution >= 0.6 is 0 Å². The summed E-state index contributed by atoms with van der Waals surface area (Å²) in [4.78, 5) is 14.8. The average molecular weight is 265 g/mol. The van der Waals surface area contributed by atoms with Crippen LogP contribution in [0.3, 0.4) is 0 Å². The predicted octanol–water partition coefficient (Wildman–Crippen LogP) is 1.26. The van der Waals surface area contributed by atoms with Gasteiger partial charge in [0.2, 0.25) is 5.91 Å². The summed E-state index contributed by atoms with van der Waals surface area (Å²) in [5.41, 5.74) is 0. The maximum atomic E-state index is 12.3. The van der Waals surface area contributed by atoms with Gasteiger partial charge in [0.05, 0.1) is 6.04 Å². The second kappa shape index (κ2) is 5.41. The minimum atomic E-state index is 0.0497. The van der Waals surface area contributed by atoms with E-state index in [1.807, 2.05) is 0 Å². The van der Waals surface area contributed by atoms with E-state index in [1.54, 1.807) is 0 Å². The maximum absolute atomic E-state index is 12.3. The summed E-state index contributed by atoms with van der Waals surface area (Å²) in [5, 5.41) is 6.61. The van der Waals surface area contributed by atoms with E-state index >= 15 is 0 Å². The standard InChI is InChI=1S/C15H27N3O/c1-10(15(19)17-11-6-7-11)18-13-4-3-5-14(18)9-12(8-13)16-2/h10-14,16H,3-9H2,1-2H3,(H,17,19). The lowest BCUT2D eigenvalue weighted by molar-refractivity contribution is -0.130. The fraction of sp³-hybridized carbons (Fsp3) is 0.933. The minimum Gasteiger partial charge on any atom is -0.352 e. The first-order valence-electron chi connectivity index (χ1n) is 7.94. The Morgan fingerprint density at radius 3 is 2.26 bits per heavy atom. The van der Waals surface area contributed by atoms with Crippen LogP contribution in [0.15, 0.2) is 0 Å². The van der Waals surface area contributed by atoms with Crippen molar-refractivity contribution in [3.8, 4) is 0 Å². The molecule has 3 unspecified atom stereocenters. The van der Waals surface area contributed by atoms with Crippen molar-refractivity contribution in [2.45, 2.75) is 82.1 Å². The van der Waals surface area contributed by atoms with Crippen molar-refractivity contribution >= 4 is 5.91 Å². The van der Waals surface area contributed by atoms with Crippen molar-refractivity contribution in [3.63, 3.8) is 0 Å². The zero-order chi connectivity index (χ0) is 13.4. The zero-order valence-corrected chi connectivity index (χ0v) is 12.2. The van der Waals surface area contributed by atoms with E-state index in [-0.39, 0.29) is 11.9 Å². The molecule has 0 aromatic carbocycles. The van der Waals surface area contributed by atoms with E-state index in [9.17, 15) is 4.79 Å². The van der Waals surface area contributed by atoms with Crippen LogP contribution in [0.4, 0.5) is 0 Å². The van der Waals surface area contributed by atoms with Crippen LogP contribution < -0.4 is 10.6 Å². The smallest absolute Gasteiger partial charge is 0.237 e. The van der Waals surface area contributed by atoms with Gasteiger partial charge in [-0.3, -0.25) is 9.69 Å². The van der Waals surface area contributed by atoms with E-state index in [1.165, 1.54) is 44.9 Å². The summed E-state index contributed by atoms with van der Waals surface area (Å²) >= 11 is 0.